The molecule has 1 nitrogen and oxygen atoms in total. The molecule has 0 spiro atoms. The average molecular weight is 188 g/mol. The smallest absolute Gasteiger partial charge is 0.211 e. The Morgan fingerprint density at radius 2 is 1.25 bits per heavy atom. The molecule has 0 aromatic carbocycles. The molecule has 0 fully saturated rings. The highest BCUT2D eigenvalue weighted by atomic mass is 27.0. The number of hydrogen-bond acceptors (Lipinski definition) is 1. The molecule has 2 heteroatoms. The molecule has 0 rings (SSSR count). The molecule has 0 aliphatic rings. The third-order valence-corrected chi connectivity index (χ3v) is 0.902. The van der Waals surface area contributed by atoms with E-state index < -0.39 is 0 Å². The lowest BCUT2D eigenvalue weighted by Crippen LogP contribution is -2.06. The minimum Gasteiger partial charge on any atom is -0.381 e. The normalized spacial score (nSPS) is 9.92. The van der Waals surface area contributed by atoms with E-state index in [4.69, 9.17) is 4.74 Å². The van der Waals surface area contributed by atoms with Crippen molar-refractivity contribution < 1.29 is 4.74 Å². The summed E-state index contributed by atoms with van der Waals surface area (Å²) in [6.45, 7) is 12.7. The van der Waals surface area contributed by atoms with Crippen LogP contribution in [0.3, 0.4) is 0 Å². The molecule has 0 unspecified atom stereocenters. The number of ether oxygens (including phenoxy) is 1. The summed E-state index contributed by atoms with van der Waals surface area (Å²) in [6, 6.07) is 0. The summed E-state index contributed by atoms with van der Waals surface area (Å²) in [5.41, 5.74) is 0. The molecule has 74 valence electrons. The largest absolute Gasteiger partial charge is 0.381 e. The number of hydrogen-bond donors (Lipinski definition) is 0. The predicted molar refractivity (Wildman–Crippen MR) is 59.5 cm³/mol. The second-order valence-corrected chi connectivity index (χ2v) is 5.45. The zero-order chi connectivity index (χ0) is 9.98. The minimum atomic E-state index is 0.670. The Balaban J connectivity index is 0. The number of rotatable bonds is 4. The Morgan fingerprint density at radius 3 is 1.42 bits per heavy atom. The zero-order valence-corrected chi connectivity index (χ0v) is 11.7. The third-order valence-electron chi connectivity index (χ3n) is 0.902. The van der Waals surface area contributed by atoms with Crippen molar-refractivity contribution >= 4 is 16.3 Å². The Hall–Kier alpha value is 0.492. The molecule has 0 atom stereocenters. The van der Waals surface area contributed by atoms with Gasteiger partial charge in [-0.25, -0.2) is 0 Å². The summed E-state index contributed by atoms with van der Waals surface area (Å²) in [4.78, 5) is 0. The third kappa shape index (κ3) is 22.4. The van der Waals surface area contributed by atoms with Crippen molar-refractivity contribution in [3.63, 3.8) is 0 Å². The fraction of sp³-hybridized carbons (Fsp3) is 1.00. The van der Waals surface area contributed by atoms with E-state index >= 15 is 0 Å². The summed E-state index contributed by atoms with van der Waals surface area (Å²) >= 11 is 1.37. The van der Waals surface area contributed by atoms with Gasteiger partial charge in [0.1, 0.15) is 0 Å². The van der Waals surface area contributed by atoms with Gasteiger partial charge in [0.05, 0.1) is 0 Å². The first-order valence-corrected chi connectivity index (χ1v) is 6.53. The first kappa shape index (κ1) is 15.0. The Morgan fingerprint density at radius 1 is 1.00 bits per heavy atom. The van der Waals surface area contributed by atoms with E-state index in [2.05, 4.69) is 34.6 Å². The molecular formula is C10H25AlO. The molecule has 0 N–H and O–H groups in total. The van der Waals surface area contributed by atoms with E-state index in [1.165, 1.54) is 21.6 Å². The van der Waals surface area contributed by atoms with E-state index in [0.717, 1.165) is 13.2 Å². The molecule has 0 bridgehead atoms. The standard InChI is InChI=1S/C8H18O.C2H5.Al.2H/c1-7(2)5-9-6-8(3)4;1-2;;;/h7-8H,5-6H2,1-4H3;1H2,2H3;;;. The molecule has 0 aromatic heterocycles. The van der Waals surface area contributed by atoms with Crippen LogP contribution < -0.4 is 0 Å². The summed E-state index contributed by atoms with van der Waals surface area (Å²) in [5, 5.41) is 1.39. The van der Waals surface area contributed by atoms with Crippen molar-refractivity contribution in [2.24, 2.45) is 11.8 Å². The molecule has 0 saturated heterocycles. The van der Waals surface area contributed by atoms with E-state index in [1.54, 1.807) is 0 Å². The van der Waals surface area contributed by atoms with Crippen LogP contribution in [0, 0.1) is 11.8 Å². The van der Waals surface area contributed by atoms with Crippen molar-refractivity contribution in [2.45, 2.75) is 39.9 Å². The van der Waals surface area contributed by atoms with Gasteiger partial charge >= 0.3 is 0 Å². The van der Waals surface area contributed by atoms with Gasteiger partial charge in [-0.3, -0.25) is 0 Å². The highest BCUT2D eigenvalue weighted by Gasteiger charge is 1.95. The maximum absolute atomic E-state index is 5.36. The molecule has 0 amide bonds. The van der Waals surface area contributed by atoms with Gasteiger partial charge in [0.2, 0.25) is 16.3 Å². The van der Waals surface area contributed by atoms with Gasteiger partial charge in [0, 0.05) is 13.2 Å². The summed E-state index contributed by atoms with van der Waals surface area (Å²) < 4.78 is 5.36. The van der Waals surface area contributed by atoms with E-state index in [9.17, 15) is 0 Å². The lowest BCUT2D eigenvalue weighted by atomic mass is 10.2. The summed E-state index contributed by atoms with van der Waals surface area (Å²) in [6.07, 6.45) is 0. The van der Waals surface area contributed by atoms with Crippen molar-refractivity contribution in [3.8, 4) is 0 Å². The van der Waals surface area contributed by atoms with Crippen LogP contribution in [0.4, 0.5) is 0 Å². The topological polar surface area (TPSA) is 9.23 Å². The second-order valence-electron chi connectivity index (χ2n) is 4.03. The summed E-state index contributed by atoms with van der Waals surface area (Å²) in [5.74, 6) is 1.34. The van der Waals surface area contributed by atoms with Crippen LogP contribution in [0.25, 0.3) is 0 Å². The van der Waals surface area contributed by atoms with Gasteiger partial charge in [-0.05, 0) is 11.8 Å². The average Bonchev–Trinajstić information content (AvgIpc) is 1.87. The minimum absolute atomic E-state index is 0.670. The van der Waals surface area contributed by atoms with Crippen LogP contribution in [0.1, 0.15) is 34.6 Å². The van der Waals surface area contributed by atoms with Crippen LogP contribution in [-0.2, 0) is 4.74 Å². The van der Waals surface area contributed by atoms with Crippen LogP contribution in [-0.4, -0.2) is 29.5 Å². The van der Waals surface area contributed by atoms with Crippen LogP contribution in [0.5, 0.6) is 0 Å². The van der Waals surface area contributed by atoms with Gasteiger partial charge in [0.25, 0.3) is 0 Å². The summed E-state index contributed by atoms with van der Waals surface area (Å²) in [7, 11) is 0. The van der Waals surface area contributed by atoms with E-state index in [1.807, 2.05) is 0 Å². The van der Waals surface area contributed by atoms with Crippen molar-refractivity contribution in [3.05, 3.63) is 0 Å². The van der Waals surface area contributed by atoms with Gasteiger partial charge < -0.3 is 4.74 Å². The van der Waals surface area contributed by atoms with Crippen LogP contribution in [0.15, 0.2) is 0 Å². The first-order valence-electron chi connectivity index (χ1n) is 5.12. The first-order chi connectivity index (χ1) is 5.54. The van der Waals surface area contributed by atoms with E-state index in [-0.39, 0.29) is 0 Å². The molecule has 0 saturated carbocycles. The monoisotopic (exact) mass is 188 g/mol. The molecule has 12 heavy (non-hydrogen) atoms. The van der Waals surface area contributed by atoms with Crippen LogP contribution >= 0.6 is 0 Å². The lowest BCUT2D eigenvalue weighted by molar-refractivity contribution is 0.0886. The van der Waals surface area contributed by atoms with Crippen molar-refractivity contribution in [1.29, 1.82) is 0 Å². The molecule has 0 aromatic rings. The van der Waals surface area contributed by atoms with Gasteiger partial charge in [-0.2, -0.15) is 0 Å². The predicted octanol–water partition coefficient (Wildman–Crippen LogP) is 2.37. The maximum atomic E-state index is 5.36. The Kier molecular flexibility index (Phi) is 14.4. The SMILES string of the molecule is CC(C)COCC(C)C.C[CH2][AlH2]. The highest BCUT2D eigenvalue weighted by Crippen LogP contribution is 1.96. The lowest BCUT2D eigenvalue weighted by Gasteiger charge is -2.07. The zero-order valence-electron chi connectivity index (χ0n) is 9.68. The fourth-order valence-corrected chi connectivity index (χ4v) is 0.539. The van der Waals surface area contributed by atoms with Crippen molar-refractivity contribution in [2.75, 3.05) is 13.2 Å². The highest BCUT2D eigenvalue weighted by molar-refractivity contribution is 6.08. The molecule has 0 radical (unpaired) electrons. The maximum Gasteiger partial charge on any atom is 0.211 e. The van der Waals surface area contributed by atoms with Crippen molar-refractivity contribution in [1.82, 2.24) is 0 Å². The second kappa shape index (κ2) is 11.5. The Bertz CT molecular complexity index is 64.2. The molecule has 0 aliphatic heterocycles. The molecule has 0 heterocycles. The molecular weight excluding hydrogens is 163 g/mol. The van der Waals surface area contributed by atoms with Gasteiger partial charge in [-0.1, -0.05) is 34.6 Å². The van der Waals surface area contributed by atoms with Gasteiger partial charge in [0.15, 0.2) is 0 Å². The quantitative estimate of drug-likeness (QED) is 0.615. The molecule has 0 aliphatic carbocycles. The van der Waals surface area contributed by atoms with E-state index in [0.29, 0.717) is 11.8 Å². The Labute approximate surface area is 86.3 Å². The van der Waals surface area contributed by atoms with Gasteiger partial charge in [-0.15, -0.1) is 5.28 Å². The van der Waals surface area contributed by atoms with Crippen LogP contribution in [0.2, 0.25) is 5.28 Å². The fourth-order valence-electron chi connectivity index (χ4n) is 0.539.